The molecule has 3 fully saturated rings. The van der Waals surface area contributed by atoms with E-state index in [1.165, 1.54) is 16.2 Å². The van der Waals surface area contributed by atoms with Crippen LogP contribution in [0, 0.1) is 18.8 Å². The number of alkyl halides is 1. The van der Waals surface area contributed by atoms with Crippen LogP contribution >= 0.6 is 22.9 Å². The summed E-state index contributed by atoms with van der Waals surface area (Å²) >= 11 is 7.93. The van der Waals surface area contributed by atoms with Gasteiger partial charge in [0.1, 0.15) is 11.9 Å². The number of carbonyl (C=O) groups excluding carboxylic acids is 2. The van der Waals surface area contributed by atoms with Gasteiger partial charge in [0.05, 0.1) is 28.6 Å². The van der Waals surface area contributed by atoms with E-state index in [0.717, 1.165) is 31.8 Å². The number of ether oxygens (including phenoxy) is 1. The molecule has 0 spiro atoms. The first-order valence-corrected chi connectivity index (χ1v) is 12.5. The van der Waals surface area contributed by atoms with E-state index >= 15 is 0 Å². The lowest BCUT2D eigenvalue weighted by Crippen LogP contribution is -2.31. The predicted octanol–water partition coefficient (Wildman–Crippen LogP) is 4.46. The van der Waals surface area contributed by atoms with E-state index in [-0.39, 0.29) is 30.2 Å². The van der Waals surface area contributed by atoms with Crippen LogP contribution in [-0.2, 0) is 16.1 Å². The van der Waals surface area contributed by atoms with E-state index in [1.807, 2.05) is 43.1 Å². The van der Waals surface area contributed by atoms with E-state index in [0.29, 0.717) is 30.3 Å². The molecular weight excluding hydrogens is 477 g/mol. The molecule has 2 amide bonds. The van der Waals surface area contributed by atoms with Crippen molar-refractivity contribution < 1.29 is 18.7 Å². The number of likely N-dealkylation sites (tertiary alicyclic amines) is 2. The van der Waals surface area contributed by atoms with E-state index in [9.17, 15) is 14.0 Å². The Morgan fingerprint density at radius 2 is 1.94 bits per heavy atom. The highest BCUT2D eigenvalue weighted by atomic mass is 35.5. The molecule has 4 atom stereocenters. The highest BCUT2D eigenvalue weighted by Crippen LogP contribution is 2.48. The first-order chi connectivity index (χ1) is 16.3. The van der Waals surface area contributed by atoms with Gasteiger partial charge in [-0.25, -0.2) is 4.39 Å². The van der Waals surface area contributed by atoms with Crippen molar-refractivity contribution in [2.75, 3.05) is 20.1 Å². The number of aryl methyl sites for hydroxylation is 1. The standard InChI is InChI=1S/C25H23ClFN3O3S/c1-12-5-13(26)6-16(22(12)33-21-11-29(2)10-19(21)27)15-3-4-28-20-7-14(34-23(15)20)9-30-24(31)17-8-18(17)25(30)32/h3-7,17-19,21H,8-11H2,1-2H3/t17?,18?,19-,21+/m0/s1. The van der Waals surface area contributed by atoms with Gasteiger partial charge in [-0.1, -0.05) is 11.6 Å². The molecule has 6 nitrogen and oxygen atoms in total. The Kier molecular flexibility index (Phi) is 5.17. The van der Waals surface area contributed by atoms with Crippen LogP contribution in [0.25, 0.3) is 21.3 Å². The SMILES string of the molecule is Cc1cc(Cl)cc(-c2ccnc3cc(CN4C(=O)C5CC5C4=O)sc23)c1O[C@@H]1CN(C)C[C@@H]1F. The molecule has 1 aliphatic carbocycles. The Hall–Kier alpha value is -2.55. The summed E-state index contributed by atoms with van der Waals surface area (Å²) < 4.78 is 21.7. The number of likely N-dealkylation sites (N-methyl/N-ethyl adjacent to an activating group) is 1. The van der Waals surface area contributed by atoms with Crippen molar-refractivity contribution in [3.63, 3.8) is 0 Å². The quantitative estimate of drug-likeness (QED) is 0.485. The normalized spacial score (nSPS) is 26.5. The number of amides is 2. The van der Waals surface area contributed by atoms with Crippen molar-refractivity contribution in [1.29, 1.82) is 0 Å². The largest absolute Gasteiger partial charge is 0.485 e. The van der Waals surface area contributed by atoms with Gasteiger partial charge >= 0.3 is 0 Å². The molecule has 4 heterocycles. The van der Waals surface area contributed by atoms with Gasteiger partial charge in [0, 0.05) is 40.3 Å². The minimum atomic E-state index is -1.07. The average molecular weight is 500 g/mol. The van der Waals surface area contributed by atoms with Crippen molar-refractivity contribution in [3.8, 4) is 16.9 Å². The molecule has 176 valence electrons. The number of hydrogen-bond acceptors (Lipinski definition) is 6. The average Bonchev–Trinajstić information content (AvgIpc) is 3.30. The molecule has 1 saturated carbocycles. The van der Waals surface area contributed by atoms with Crippen molar-refractivity contribution >= 4 is 45.0 Å². The van der Waals surface area contributed by atoms with Crippen molar-refractivity contribution in [1.82, 2.24) is 14.8 Å². The monoisotopic (exact) mass is 499 g/mol. The smallest absolute Gasteiger partial charge is 0.233 e. The van der Waals surface area contributed by atoms with Crippen molar-refractivity contribution in [2.24, 2.45) is 11.8 Å². The van der Waals surface area contributed by atoms with Crippen LogP contribution in [0.2, 0.25) is 5.02 Å². The number of halogens is 2. The van der Waals surface area contributed by atoms with Crippen LogP contribution in [0.5, 0.6) is 5.75 Å². The second kappa shape index (κ2) is 8.00. The van der Waals surface area contributed by atoms with Gasteiger partial charge in [-0.2, -0.15) is 0 Å². The number of hydrogen-bond donors (Lipinski definition) is 0. The van der Waals surface area contributed by atoms with Gasteiger partial charge in [0.25, 0.3) is 0 Å². The van der Waals surface area contributed by atoms with Gasteiger partial charge in [0.2, 0.25) is 11.8 Å². The highest BCUT2D eigenvalue weighted by Gasteiger charge is 2.58. The first-order valence-electron chi connectivity index (χ1n) is 11.3. The number of benzene rings is 1. The zero-order valence-corrected chi connectivity index (χ0v) is 20.3. The second-order valence-corrected chi connectivity index (χ2v) is 11.1. The Morgan fingerprint density at radius 1 is 1.18 bits per heavy atom. The minimum Gasteiger partial charge on any atom is -0.485 e. The Bertz CT molecular complexity index is 1320. The van der Waals surface area contributed by atoms with Crippen LogP contribution in [0.4, 0.5) is 4.39 Å². The van der Waals surface area contributed by atoms with Gasteiger partial charge in [0.15, 0.2) is 6.17 Å². The summed E-state index contributed by atoms with van der Waals surface area (Å²) in [4.78, 5) is 33.5. The summed E-state index contributed by atoms with van der Waals surface area (Å²) in [6.07, 6.45) is 0.787. The van der Waals surface area contributed by atoms with Crippen LogP contribution in [0.15, 0.2) is 30.5 Å². The molecule has 0 bridgehead atoms. The summed E-state index contributed by atoms with van der Waals surface area (Å²) in [6.45, 7) is 3.03. The summed E-state index contributed by atoms with van der Waals surface area (Å²) in [5, 5.41) is 0.564. The number of carbonyl (C=O) groups is 2. The molecule has 0 radical (unpaired) electrons. The molecule has 3 aliphatic rings. The number of piperidine rings is 1. The second-order valence-electron chi connectivity index (χ2n) is 9.49. The van der Waals surface area contributed by atoms with Crippen LogP contribution in [-0.4, -0.2) is 59.0 Å². The topological polar surface area (TPSA) is 62.7 Å². The predicted molar refractivity (Wildman–Crippen MR) is 129 cm³/mol. The molecule has 0 N–H and O–H groups in total. The molecule has 2 aliphatic heterocycles. The third-order valence-electron chi connectivity index (χ3n) is 6.91. The number of nitrogens with zero attached hydrogens (tertiary/aromatic N) is 3. The lowest BCUT2D eigenvalue weighted by molar-refractivity contribution is -0.141. The molecule has 2 saturated heterocycles. The lowest BCUT2D eigenvalue weighted by Gasteiger charge is -2.21. The van der Waals surface area contributed by atoms with E-state index in [4.69, 9.17) is 16.3 Å². The highest BCUT2D eigenvalue weighted by molar-refractivity contribution is 7.19. The zero-order valence-electron chi connectivity index (χ0n) is 18.8. The number of fused-ring (bicyclic) bond motifs is 2. The molecule has 9 heteroatoms. The molecule has 1 aromatic carbocycles. The van der Waals surface area contributed by atoms with Gasteiger partial charge in [-0.15, -0.1) is 11.3 Å². The lowest BCUT2D eigenvalue weighted by atomic mass is 10.0. The number of pyridine rings is 1. The third-order valence-corrected chi connectivity index (χ3v) is 8.27. The molecule has 3 aromatic rings. The number of thiophene rings is 1. The third kappa shape index (κ3) is 3.59. The summed E-state index contributed by atoms with van der Waals surface area (Å²) in [7, 11) is 1.88. The summed E-state index contributed by atoms with van der Waals surface area (Å²) in [5.41, 5.74) is 3.26. The molecule has 2 unspecified atom stereocenters. The molecule has 34 heavy (non-hydrogen) atoms. The van der Waals surface area contributed by atoms with Crippen molar-refractivity contribution in [3.05, 3.63) is 45.9 Å². The van der Waals surface area contributed by atoms with E-state index < -0.39 is 12.3 Å². The number of imide groups is 1. The van der Waals surface area contributed by atoms with Gasteiger partial charge < -0.3 is 4.74 Å². The van der Waals surface area contributed by atoms with Gasteiger partial charge in [-0.3, -0.25) is 24.4 Å². The fraction of sp³-hybridized carbons (Fsp3) is 0.400. The Labute approximate surface area is 205 Å². The molecule has 6 rings (SSSR count). The fourth-order valence-electron chi connectivity index (χ4n) is 5.10. The maximum atomic E-state index is 14.6. The van der Waals surface area contributed by atoms with Crippen LogP contribution in [0.1, 0.15) is 16.9 Å². The van der Waals surface area contributed by atoms with Gasteiger partial charge in [-0.05, 0) is 50.2 Å². The first kappa shape index (κ1) is 21.9. The van der Waals surface area contributed by atoms with Crippen molar-refractivity contribution in [2.45, 2.75) is 32.2 Å². The van der Waals surface area contributed by atoms with Crippen LogP contribution in [0.3, 0.4) is 0 Å². The minimum absolute atomic E-state index is 0.0656. The maximum Gasteiger partial charge on any atom is 0.233 e. The zero-order chi connectivity index (χ0) is 23.7. The molecule has 2 aromatic heterocycles. The Morgan fingerprint density at radius 3 is 2.65 bits per heavy atom. The number of rotatable bonds is 5. The fourth-order valence-corrected chi connectivity index (χ4v) is 6.50. The molecular formula is C25H23ClFN3O3S. The maximum absolute atomic E-state index is 14.6. The summed E-state index contributed by atoms with van der Waals surface area (Å²) in [6, 6.07) is 7.48. The van der Waals surface area contributed by atoms with E-state index in [2.05, 4.69) is 4.98 Å². The Balaban J connectivity index is 1.38. The number of aromatic nitrogens is 1. The van der Waals surface area contributed by atoms with E-state index in [1.54, 1.807) is 6.20 Å². The summed E-state index contributed by atoms with van der Waals surface area (Å²) in [5.74, 6) is 0.255. The van der Waals surface area contributed by atoms with Crippen LogP contribution < -0.4 is 4.74 Å².